The van der Waals surface area contributed by atoms with E-state index in [1.807, 2.05) is 26.0 Å². The standard InChI is InChI=1S/C20H24BrN3O4/c1-3-27-18-13-17(24-7-9-26-10-8-24)19(28-4-2)12-15(18)23-20(25)16-11-14(21)5-6-22-16/h5-6,11-13H,3-4,7-10H2,1-2H3,(H,23,25). The molecule has 1 aliphatic rings. The number of anilines is 2. The van der Waals surface area contributed by atoms with E-state index >= 15 is 0 Å². The molecule has 1 N–H and O–H groups in total. The number of benzene rings is 1. The van der Waals surface area contributed by atoms with Gasteiger partial charge in [-0.3, -0.25) is 9.78 Å². The van der Waals surface area contributed by atoms with Crippen LogP contribution in [-0.4, -0.2) is 50.4 Å². The van der Waals surface area contributed by atoms with E-state index in [2.05, 4.69) is 31.1 Å². The molecule has 0 saturated carbocycles. The minimum Gasteiger partial charge on any atom is -0.492 e. The van der Waals surface area contributed by atoms with Gasteiger partial charge < -0.3 is 24.4 Å². The molecule has 150 valence electrons. The third-order valence-corrected chi connectivity index (χ3v) is 4.71. The molecule has 1 saturated heterocycles. The van der Waals surface area contributed by atoms with Crippen LogP contribution >= 0.6 is 15.9 Å². The number of amides is 1. The molecule has 8 heteroatoms. The highest BCUT2D eigenvalue weighted by molar-refractivity contribution is 9.10. The lowest BCUT2D eigenvalue weighted by molar-refractivity contribution is 0.102. The van der Waals surface area contributed by atoms with Crippen LogP contribution in [0, 0.1) is 0 Å². The Labute approximate surface area is 173 Å². The summed E-state index contributed by atoms with van der Waals surface area (Å²) >= 11 is 3.36. The van der Waals surface area contributed by atoms with Crippen LogP contribution in [0.2, 0.25) is 0 Å². The maximum atomic E-state index is 12.7. The first-order chi connectivity index (χ1) is 13.6. The van der Waals surface area contributed by atoms with Gasteiger partial charge in [0, 0.05) is 35.9 Å². The lowest BCUT2D eigenvalue weighted by Crippen LogP contribution is -2.36. The maximum Gasteiger partial charge on any atom is 0.274 e. The topological polar surface area (TPSA) is 72.9 Å². The Hall–Kier alpha value is -2.32. The van der Waals surface area contributed by atoms with Gasteiger partial charge in [0.15, 0.2) is 0 Å². The van der Waals surface area contributed by atoms with Crippen molar-refractivity contribution in [1.82, 2.24) is 4.98 Å². The second-order valence-electron chi connectivity index (χ2n) is 6.09. The van der Waals surface area contributed by atoms with Gasteiger partial charge in [-0.05, 0) is 26.0 Å². The van der Waals surface area contributed by atoms with Crippen LogP contribution < -0.4 is 19.7 Å². The minimum absolute atomic E-state index is 0.312. The van der Waals surface area contributed by atoms with Crippen molar-refractivity contribution in [3.8, 4) is 11.5 Å². The Morgan fingerprint density at radius 2 is 1.89 bits per heavy atom. The van der Waals surface area contributed by atoms with Crippen LogP contribution in [0.25, 0.3) is 0 Å². The highest BCUT2D eigenvalue weighted by atomic mass is 79.9. The second-order valence-corrected chi connectivity index (χ2v) is 7.01. The lowest BCUT2D eigenvalue weighted by atomic mass is 10.2. The highest BCUT2D eigenvalue weighted by Gasteiger charge is 2.21. The van der Waals surface area contributed by atoms with Gasteiger partial charge in [-0.25, -0.2) is 0 Å². The molecule has 1 aliphatic heterocycles. The summed E-state index contributed by atoms with van der Waals surface area (Å²) in [4.78, 5) is 19.0. The summed E-state index contributed by atoms with van der Waals surface area (Å²) in [6.07, 6.45) is 1.58. The highest BCUT2D eigenvalue weighted by Crippen LogP contribution is 2.39. The largest absolute Gasteiger partial charge is 0.492 e. The molecular formula is C20H24BrN3O4. The van der Waals surface area contributed by atoms with E-state index in [0.29, 0.717) is 49.3 Å². The Bertz CT molecular complexity index is 825. The Morgan fingerprint density at radius 1 is 1.18 bits per heavy atom. The van der Waals surface area contributed by atoms with Crippen LogP contribution in [0.1, 0.15) is 24.3 Å². The van der Waals surface area contributed by atoms with Crippen molar-refractivity contribution in [3.05, 3.63) is 40.6 Å². The van der Waals surface area contributed by atoms with E-state index in [4.69, 9.17) is 14.2 Å². The van der Waals surface area contributed by atoms with Crippen molar-refractivity contribution < 1.29 is 19.0 Å². The average molecular weight is 450 g/mol. The molecule has 7 nitrogen and oxygen atoms in total. The zero-order valence-corrected chi connectivity index (χ0v) is 17.6. The van der Waals surface area contributed by atoms with E-state index in [1.165, 1.54) is 0 Å². The summed E-state index contributed by atoms with van der Waals surface area (Å²) < 4.78 is 17.9. The number of carbonyl (C=O) groups excluding carboxylic acids is 1. The van der Waals surface area contributed by atoms with E-state index < -0.39 is 0 Å². The fraction of sp³-hybridized carbons (Fsp3) is 0.400. The Morgan fingerprint density at radius 3 is 2.57 bits per heavy atom. The number of ether oxygens (including phenoxy) is 3. The zero-order chi connectivity index (χ0) is 19.9. The third-order valence-electron chi connectivity index (χ3n) is 4.22. The number of carbonyl (C=O) groups is 1. The van der Waals surface area contributed by atoms with Crippen molar-refractivity contribution in [1.29, 1.82) is 0 Å². The number of halogens is 1. The molecule has 2 heterocycles. The van der Waals surface area contributed by atoms with Crippen LogP contribution in [0.4, 0.5) is 11.4 Å². The average Bonchev–Trinajstić information content (AvgIpc) is 2.70. The summed E-state index contributed by atoms with van der Waals surface area (Å²) in [5, 5.41) is 2.90. The number of hydrogen-bond acceptors (Lipinski definition) is 6. The summed E-state index contributed by atoms with van der Waals surface area (Å²) in [5.74, 6) is 0.977. The van der Waals surface area contributed by atoms with Crippen LogP contribution in [0.5, 0.6) is 11.5 Å². The van der Waals surface area contributed by atoms with Crippen LogP contribution in [0.15, 0.2) is 34.9 Å². The van der Waals surface area contributed by atoms with Gasteiger partial charge in [0.1, 0.15) is 17.2 Å². The molecule has 1 amide bonds. The molecule has 0 atom stereocenters. The second kappa shape index (κ2) is 9.75. The lowest BCUT2D eigenvalue weighted by Gasteiger charge is -2.31. The summed E-state index contributed by atoms with van der Waals surface area (Å²) in [6, 6.07) is 7.17. The van der Waals surface area contributed by atoms with Crippen molar-refractivity contribution in [3.63, 3.8) is 0 Å². The van der Waals surface area contributed by atoms with Crippen molar-refractivity contribution in [2.75, 3.05) is 49.7 Å². The SMILES string of the molecule is CCOc1cc(N2CCOCC2)c(OCC)cc1NC(=O)c1cc(Br)ccn1. The van der Waals surface area contributed by atoms with Gasteiger partial charge in [-0.2, -0.15) is 0 Å². The fourth-order valence-electron chi connectivity index (χ4n) is 2.96. The minimum atomic E-state index is -0.316. The molecule has 0 radical (unpaired) electrons. The van der Waals surface area contributed by atoms with Crippen molar-refractivity contribution >= 4 is 33.2 Å². The predicted octanol–water partition coefficient (Wildman–Crippen LogP) is 3.73. The number of pyridine rings is 1. The fourth-order valence-corrected chi connectivity index (χ4v) is 3.29. The molecule has 1 aromatic heterocycles. The number of nitrogens with zero attached hydrogens (tertiary/aromatic N) is 2. The smallest absolute Gasteiger partial charge is 0.274 e. The van der Waals surface area contributed by atoms with Crippen molar-refractivity contribution in [2.24, 2.45) is 0 Å². The molecule has 0 spiro atoms. The van der Waals surface area contributed by atoms with Gasteiger partial charge in [0.2, 0.25) is 0 Å². The number of aromatic nitrogens is 1. The molecule has 0 unspecified atom stereocenters. The van der Waals surface area contributed by atoms with E-state index in [9.17, 15) is 4.79 Å². The molecule has 3 rings (SSSR count). The van der Waals surface area contributed by atoms with E-state index in [0.717, 1.165) is 23.2 Å². The first-order valence-corrected chi connectivity index (χ1v) is 10.1. The maximum absolute atomic E-state index is 12.7. The van der Waals surface area contributed by atoms with Gasteiger partial charge in [-0.1, -0.05) is 15.9 Å². The molecule has 28 heavy (non-hydrogen) atoms. The van der Waals surface area contributed by atoms with Gasteiger partial charge >= 0.3 is 0 Å². The molecular weight excluding hydrogens is 426 g/mol. The third kappa shape index (κ3) is 4.94. The predicted molar refractivity (Wildman–Crippen MR) is 112 cm³/mol. The molecule has 2 aromatic rings. The molecule has 1 aromatic carbocycles. The van der Waals surface area contributed by atoms with Crippen molar-refractivity contribution in [2.45, 2.75) is 13.8 Å². The van der Waals surface area contributed by atoms with Crippen LogP contribution in [0.3, 0.4) is 0 Å². The monoisotopic (exact) mass is 449 g/mol. The molecule has 1 fully saturated rings. The Kier molecular flexibility index (Phi) is 7.11. The van der Waals surface area contributed by atoms with Gasteiger partial charge in [0.25, 0.3) is 5.91 Å². The number of hydrogen-bond donors (Lipinski definition) is 1. The summed E-state index contributed by atoms with van der Waals surface area (Å²) in [7, 11) is 0. The number of nitrogens with one attached hydrogen (secondary N) is 1. The summed E-state index contributed by atoms with van der Waals surface area (Å²) in [6.45, 7) is 7.74. The molecule has 0 bridgehead atoms. The van der Waals surface area contributed by atoms with Gasteiger partial charge in [-0.15, -0.1) is 0 Å². The van der Waals surface area contributed by atoms with E-state index in [1.54, 1.807) is 18.3 Å². The summed E-state index contributed by atoms with van der Waals surface area (Å²) in [5.41, 5.74) is 1.80. The zero-order valence-electron chi connectivity index (χ0n) is 16.0. The van der Waals surface area contributed by atoms with Crippen LogP contribution in [-0.2, 0) is 4.74 Å². The number of rotatable bonds is 7. The van der Waals surface area contributed by atoms with Gasteiger partial charge in [0.05, 0.1) is 37.8 Å². The normalized spacial score (nSPS) is 13.9. The molecule has 0 aliphatic carbocycles. The van der Waals surface area contributed by atoms with E-state index in [-0.39, 0.29) is 5.91 Å². The Balaban J connectivity index is 1.94. The first kappa shape index (κ1) is 20.4. The quantitative estimate of drug-likeness (QED) is 0.693. The number of morpholine rings is 1. The first-order valence-electron chi connectivity index (χ1n) is 9.31.